The van der Waals surface area contributed by atoms with Crippen LogP contribution in [0.2, 0.25) is 0 Å². The summed E-state index contributed by atoms with van der Waals surface area (Å²) in [6.45, 7) is 8.92. The minimum absolute atomic E-state index is 0.0905. The Morgan fingerprint density at radius 2 is 1.77 bits per heavy atom. The molecule has 0 radical (unpaired) electrons. The van der Waals surface area contributed by atoms with Crippen LogP contribution < -0.4 is 0 Å². The molecule has 0 N–H and O–H groups in total. The number of likely N-dealkylation sites (N-methyl/N-ethyl adjacent to an activating group) is 2. The van der Waals surface area contributed by atoms with Crippen LogP contribution in [0.25, 0.3) is 0 Å². The van der Waals surface area contributed by atoms with Crippen LogP contribution in [0.15, 0.2) is 4.74 Å². The number of nitrogens with zero attached hydrogens (tertiary/aromatic N) is 3. The molecular formula is C9H19N3P+. The summed E-state index contributed by atoms with van der Waals surface area (Å²) in [6.07, 6.45) is 0. The van der Waals surface area contributed by atoms with Gasteiger partial charge in [-0.25, -0.2) is 0 Å². The highest BCUT2D eigenvalue weighted by molar-refractivity contribution is 7.04. The molecule has 74 valence electrons. The lowest BCUT2D eigenvalue weighted by molar-refractivity contribution is -0.574. The van der Waals surface area contributed by atoms with Crippen molar-refractivity contribution >= 4 is 15.0 Å². The second-order valence-electron chi connectivity index (χ2n) is 4.65. The summed E-state index contributed by atoms with van der Waals surface area (Å²) < 4.78 is 6.31. The highest BCUT2D eigenvalue weighted by atomic mass is 31.0. The largest absolute Gasteiger partial charge is 0.392 e. The van der Waals surface area contributed by atoms with Gasteiger partial charge in [0.25, 0.3) is 0 Å². The highest BCUT2D eigenvalue weighted by Crippen LogP contribution is 2.35. The first-order chi connectivity index (χ1) is 5.76. The molecule has 0 amide bonds. The van der Waals surface area contributed by atoms with E-state index in [1.165, 1.54) is 0 Å². The van der Waals surface area contributed by atoms with E-state index in [-0.39, 0.29) is 11.1 Å². The normalized spacial score (nSPS) is 25.2. The molecule has 0 saturated heterocycles. The standard InChI is InChI=1S/C9H19N3P/c1-8(2)9(3,4)12(6)7(10-13)11(8)5/h13H,1-6H3/q+1. The third-order valence-electron chi connectivity index (χ3n) is 3.87. The van der Waals surface area contributed by atoms with Crippen molar-refractivity contribution in [3.63, 3.8) is 0 Å². The van der Waals surface area contributed by atoms with Gasteiger partial charge in [-0.15, -0.1) is 0 Å². The fraction of sp³-hybridized carbons (Fsp3) is 0.889. The minimum atomic E-state index is 0.0905. The van der Waals surface area contributed by atoms with Crippen LogP contribution in [-0.4, -0.2) is 40.6 Å². The van der Waals surface area contributed by atoms with Crippen LogP contribution in [0.5, 0.6) is 0 Å². The maximum Gasteiger partial charge on any atom is 0.392 e. The Kier molecular flexibility index (Phi) is 2.28. The van der Waals surface area contributed by atoms with Crippen molar-refractivity contribution in [2.75, 3.05) is 14.1 Å². The second-order valence-corrected chi connectivity index (χ2v) is 4.87. The molecule has 0 aliphatic carbocycles. The average molecular weight is 200 g/mol. The summed E-state index contributed by atoms with van der Waals surface area (Å²) >= 11 is 0. The lowest BCUT2D eigenvalue weighted by atomic mass is 9.83. The number of hydrogen-bond donors (Lipinski definition) is 0. The van der Waals surface area contributed by atoms with Crippen LogP contribution in [-0.2, 0) is 0 Å². The molecule has 0 spiro atoms. The Morgan fingerprint density at radius 1 is 1.31 bits per heavy atom. The molecule has 0 aromatic rings. The van der Waals surface area contributed by atoms with Crippen molar-refractivity contribution in [3.8, 4) is 0 Å². The van der Waals surface area contributed by atoms with E-state index in [0.717, 1.165) is 5.96 Å². The molecule has 4 heteroatoms. The van der Waals surface area contributed by atoms with Crippen LogP contribution in [0.3, 0.4) is 0 Å². The molecule has 13 heavy (non-hydrogen) atoms. The molecule has 0 aromatic heterocycles. The monoisotopic (exact) mass is 200 g/mol. The zero-order chi connectivity index (χ0) is 10.4. The maximum atomic E-state index is 4.11. The zero-order valence-corrected chi connectivity index (χ0v) is 10.3. The predicted octanol–water partition coefficient (Wildman–Crippen LogP) is 1.81. The lowest BCUT2D eigenvalue weighted by Crippen LogP contribution is -2.53. The molecule has 1 heterocycles. The molecule has 0 bridgehead atoms. The van der Waals surface area contributed by atoms with Crippen molar-refractivity contribution < 1.29 is 4.58 Å². The molecular weight excluding hydrogens is 181 g/mol. The van der Waals surface area contributed by atoms with Gasteiger partial charge in [0, 0.05) is 0 Å². The molecule has 3 nitrogen and oxygen atoms in total. The van der Waals surface area contributed by atoms with Gasteiger partial charge in [0.05, 0.1) is 23.1 Å². The van der Waals surface area contributed by atoms with Gasteiger partial charge < -0.3 is 0 Å². The number of guanidine groups is 1. The average Bonchev–Trinajstić information content (AvgIpc) is 2.13. The van der Waals surface area contributed by atoms with E-state index in [4.69, 9.17) is 0 Å². The Morgan fingerprint density at radius 3 is 1.92 bits per heavy atom. The topological polar surface area (TPSA) is 18.6 Å². The lowest BCUT2D eigenvalue weighted by Gasteiger charge is -2.35. The summed E-state index contributed by atoms with van der Waals surface area (Å²) in [4.78, 5) is 2.19. The summed E-state index contributed by atoms with van der Waals surface area (Å²) in [5.74, 6) is 0.978. The van der Waals surface area contributed by atoms with Gasteiger partial charge in [0.1, 0.15) is 11.1 Å². The molecule has 1 aliphatic heterocycles. The summed E-state index contributed by atoms with van der Waals surface area (Å²) in [5.41, 5.74) is 0.181. The summed E-state index contributed by atoms with van der Waals surface area (Å²) in [5, 5.41) is 0. The first-order valence-electron chi connectivity index (χ1n) is 4.49. The smallest absolute Gasteiger partial charge is 0.256 e. The quantitative estimate of drug-likeness (QED) is 0.431. The first-order valence-corrected chi connectivity index (χ1v) is 4.93. The van der Waals surface area contributed by atoms with Crippen molar-refractivity contribution in [1.29, 1.82) is 0 Å². The van der Waals surface area contributed by atoms with Crippen LogP contribution in [0.1, 0.15) is 27.7 Å². The molecule has 0 fully saturated rings. The van der Waals surface area contributed by atoms with E-state index in [1.807, 2.05) is 0 Å². The van der Waals surface area contributed by atoms with Crippen LogP contribution in [0.4, 0.5) is 0 Å². The van der Waals surface area contributed by atoms with Gasteiger partial charge in [0.2, 0.25) is 0 Å². The van der Waals surface area contributed by atoms with Crippen LogP contribution >= 0.6 is 9.03 Å². The van der Waals surface area contributed by atoms with Gasteiger partial charge in [0.15, 0.2) is 0 Å². The van der Waals surface area contributed by atoms with E-state index < -0.39 is 0 Å². The van der Waals surface area contributed by atoms with Crippen molar-refractivity contribution in [2.45, 2.75) is 38.8 Å². The highest BCUT2D eigenvalue weighted by Gasteiger charge is 2.55. The fourth-order valence-electron chi connectivity index (χ4n) is 1.70. The molecule has 1 aliphatic rings. The SMILES string of the molecule is CN1C(N=P)=[N+](C)C(C)(C)C1(C)C. The van der Waals surface area contributed by atoms with E-state index in [1.54, 1.807) is 0 Å². The Hall–Kier alpha value is -0.430. The maximum absolute atomic E-state index is 4.11. The first kappa shape index (κ1) is 10.6. The molecule has 0 aromatic carbocycles. The zero-order valence-electron chi connectivity index (χ0n) is 9.34. The Labute approximate surface area is 82.8 Å². The summed E-state index contributed by atoms with van der Waals surface area (Å²) in [6, 6.07) is 0. The van der Waals surface area contributed by atoms with Gasteiger partial charge in [-0.3, -0.25) is 9.48 Å². The van der Waals surface area contributed by atoms with Crippen molar-refractivity contribution in [2.24, 2.45) is 4.74 Å². The van der Waals surface area contributed by atoms with E-state index in [9.17, 15) is 0 Å². The Bertz CT molecular complexity index is 279. The van der Waals surface area contributed by atoms with Gasteiger partial charge >= 0.3 is 5.96 Å². The van der Waals surface area contributed by atoms with E-state index in [0.29, 0.717) is 0 Å². The van der Waals surface area contributed by atoms with Crippen LogP contribution in [0, 0.1) is 0 Å². The Balaban J connectivity index is 3.29. The molecule has 0 unspecified atom stereocenters. The van der Waals surface area contributed by atoms with Crippen molar-refractivity contribution in [3.05, 3.63) is 0 Å². The molecule has 0 saturated carbocycles. The molecule has 0 atom stereocenters. The van der Waals surface area contributed by atoms with Crippen molar-refractivity contribution in [1.82, 2.24) is 4.90 Å². The fourth-order valence-corrected chi connectivity index (χ4v) is 2.00. The predicted molar refractivity (Wildman–Crippen MR) is 57.9 cm³/mol. The third-order valence-corrected chi connectivity index (χ3v) is 4.07. The minimum Gasteiger partial charge on any atom is -0.256 e. The van der Waals surface area contributed by atoms with E-state index in [2.05, 4.69) is 65.0 Å². The van der Waals surface area contributed by atoms with Gasteiger partial charge in [-0.1, -0.05) is 4.74 Å². The second kappa shape index (κ2) is 2.78. The molecule has 1 rings (SSSR count). The number of hydrogen-bond acceptors (Lipinski definition) is 2. The van der Waals surface area contributed by atoms with Gasteiger partial charge in [-0.05, 0) is 27.7 Å². The van der Waals surface area contributed by atoms with Gasteiger partial charge in [-0.2, -0.15) is 0 Å². The van der Waals surface area contributed by atoms with E-state index >= 15 is 0 Å². The summed E-state index contributed by atoms with van der Waals surface area (Å²) in [7, 11) is 7.36. The third kappa shape index (κ3) is 1.13. The number of rotatable bonds is 0.